The van der Waals surface area contributed by atoms with E-state index in [1.54, 1.807) is 12.4 Å². The van der Waals surface area contributed by atoms with E-state index in [1.807, 2.05) is 31.2 Å². The molecule has 0 aliphatic heterocycles. The number of fused-ring (bicyclic) bond motifs is 1. The number of nitrogens with zero attached hydrogens (tertiary/aromatic N) is 2. The Hall–Kier alpha value is -2.42. The molecule has 0 bridgehead atoms. The third-order valence-electron chi connectivity index (χ3n) is 2.93. The fourth-order valence-corrected chi connectivity index (χ4v) is 2.05. The van der Waals surface area contributed by atoms with Gasteiger partial charge in [-0.1, -0.05) is 12.1 Å². The third kappa shape index (κ3) is 1.80. The quantitative estimate of drug-likeness (QED) is 0.736. The van der Waals surface area contributed by atoms with Crippen LogP contribution in [0.3, 0.4) is 0 Å². The number of hydrogen-bond acceptors (Lipinski definition) is 2. The van der Waals surface area contributed by atoms with Gasteiger partial charge in [0, 0.05) is 17.8 Å². The number of rotatable bonds is 2. The molecule has 88 valence electrons. The van der Waals surface area contributed by atoms with Gasteiger partial charge in [0.15, 0.2) is 0 Å². The van der Waals surface area contributed by atoms with Crippen LogP contribution >= 0.6 is 0 Å². The lowest BCUT2D eigenvalue weighted by molar-refractivity contribution is 1.11. The van der Waals surface area contributed by atoms with Crippen molar-refractivity contribution in [1.29, 1.82) is 0 Å². The molecule has 0 fully saturated rings. The van der Waals surface area contributed by atoms with Gasteiger partial charge in [-0.15, -0.1) is 0 Å². The molecule has 3 rings (SSSR count). The standard InChI is InChI=1S/C15H13N3/c1-2-3-14-13-5-4-12(10-15(13)18-17-14)11-6-8-16-9-7-11/h2-10H,1H3,(H,17,18)/b3-2+. The first-order chi connectivity index (χ1) is 8.88. The number of benzene rings is 1. The van der Waals surface area contributed by atoms with Crippen LogP contribution in [0.4, 0.5) is 0 Å². The molecule has 3 aromatic rings. The Kier molecular flexibility index (Phi) is 2.65. The summed E-state index contributed by atoms with van der Waals surface area (Å²) in [6.45, 7) is 1.99. The molecule has 2 heterocycles. The highest BCUT2D eigenvalue weighted by atomic mass is 15.1. The molecule has 18 heavy (non-hydrogen) atoms. The number of hydrogen-bond donors (Lipinski definition) is 1. The van der Waals surface area contributed by atoms with Crippen LogP contribution in [-0.4, -0.2) is 15.2 Å². The molecule has 0 spiro atoms. The van der Waals surface area contributed by atoms with Crippen molar-refractivity contribution < 1.29 is 0 Å². The molecular weight excluding hydrogens is 222 g/mol. The van der Waals surface area contributed by atoms with E-state index in [1.165, 1.54) is 5.56 Å². The smallest absolute Gasteiger partial charge is 0.0923 e. The molecular formula is C15H13N3. The predicted molar refractivity (Wildman–Crippen MR) is 74.0 cm³/mol. The van der Waals surface area contributed by atoms with Gasteiger partial charge in [0.2, 0.25) is 0 Å². The lowest BCUT2D eigenvalue weighted by atomic mass is 10.0. The van der Waals surface area contributed by atoms with Crippen LogP contribution in [-0.2, 0) is 0 Å². The lowest BCUT2D eigenvalue weighted by Gasteiger charge is -2.00. The number of H-pyrrole nitrogens is 1. The summed E-state index contributed by atoms with van der Waals surface area (Å²) in [6.07, 6.45) is 7.60. The highest BCUT2D eigenvalue weighted by Crippen LogP contribution is 2.24. The van der Waals surface area contributed by atoms with Crippen LogP contribution in [0.25, 0.3) is 28.1 Å². The first-order valence-corrected chi connectivity index (χ1v) is 5.90. The predicted octanol–water partition coefficient (Wildman–Crippen LogP) is 3.66. The lowest BCUT2D eigenvalue weighted by Crippen LogP contribution is -1.79. The normalized spacial score (nSPS) is 11.4. The van der Waals surface area contributed by atoms with E-state index in [-0.39, 0.29) is 0 Å². The minimum Gasteiger partial charge on any atom is -0.277 e. The van der Waals surface area contributed by atoms with Gasteiger partial charge in [-0.3, -0.25) is 10.1 Å². The second-order valence-electron chi connectivity index (χ2n) is 4.11. The topological polar surface area (TPSA) is 41.6 Å². The minimum absolute atomic E-state index is 0.980. The molecule has 3 nitrogen and oxygen atoms in total. The minimum atomic E-state index is 0.980. The first-order valence-electron chi connectivity index (χ1n) is 5.90. The van der Waals surface area contributed by atoms with Crippen LogP contribution in [0.5, 0.6) is 0 Å². The zero-order chi connectivity index (χ0) is 12.4. The van der Waals surface area contributed by atoms with E-state index in [0.717, 1.165) is 22.2 Å². The van der Waals surface area contributed by atoms with Crippen molar-refractivity contribution in [2.24, 2.45) is 0 Å². The summed E-state index contributed by atoms with van der Waals surface area (Å²) in [7, 11) is 0. The second kappa shape index (κ2) is 4.45. The summed E-state index contributed by atoms with van der Waals surface area (Å²) >= 11 is 0. The molecule has 0 saturated carbocycles. The maximum absolute atomic E-state index is 4.30. The van der Waals surface area contributed by atoms with E-state index in [9.17, 15) is 0 Å². The maximum Gasteiger partial charge on any atom is 0.0923 e. The molecule has 1 aromatic carbocycles. The molecule has 3 heteroatoms. The first kappa shape index (κ1) is 10.7. The van der Waals surface area contributed by atoms with Crippen molar-refractivity contribution >= 4 is 17.0 Å². The molecule has 0 radical (unpaired) electrons. The number of allylic oxidation sites excluding steroid dienone is 1. The van der Waals surface area contributed by atoms with Crippen LogP contribution in [0.1, 0.15) is 12.6 Å². The van der Waals surface area contributed by atoms with E-state index >= 15 is 0 Å². The summed E-state index contributed by atoms with van der Waals surface area (Å²) in [5, 5.41) is 8.51. The molecule has 0 atom stereocenters. The second-order valence-corrected chi connectivity index (χ2v) is 4.11. The largest absolute Gasteiger partial charge is 0.277 e. The van der Waals surface area contributed by atoms with E-state index in [2.05, 4.69) is 33.4 Å². The average molecular weight is 235 g/mol. The molecule has 0 aliphatic rings. The molecule has 2 aromatic heterocycles. The number of aromatic nitrogens is 3. The monoisotopic (exact) mass is 235 g/mol. The number of aromatic amines is 1. The Labute approximate surface area is 105 Å². The van der Waals surface area contributed by atoms with Crippen molar-refractivity contribution in [3.8, 4) is 11.1 Å². The molecule has 0 amide bonds. The third-order valence-corrected chi connectivity index (χ3v) is 2.93. The summed E-state index contributed by atoms with van der Waals surface area (Å²) in [5.74, 6) is 0. The Morgan fingerprint density at radius 3 is 2.67 bits per heavy atom. The van der Waals surface area contributed by atoms with E-state index in [4.69, 9.17) is 0 Å². The average Bonchev–Trinajstić information content (AvgIpc) is 2.83. The van der Waals surface area contributed by atoms with Gasteiger partial charge in [-0.2, -0.15) is 5.10 Å². The van der Waals surface area contributed by atoms with Gasteiger partial charge in [-0.25, -0.2) is 0 Å². The van der Waals surface area contributed by atoms with Crippen LogP contribution in [0.15, 0.2) is 48.8 Å². The van der Waals surface area contributed by atoms with Crippen molar-refractivity contribution in [2.45, 2.75) is 6.92 Å². The SMILES string of the molecule is C/C=C/c1n[nH]c2cc(-c3ccncc3)ccc12. The van der Waals surface area contributed by atoms with Crippen LogP contribution < -0.4 is 0 Å². The molecule has 0 aliphatic carbocycles. The molecule has 0 saturated heterocycles. The van der Waals surface area contributed by atoms with Gasteiger partial charge in [-0.05, 0) is 48.4 Å². The summed E-state index contributed by atoms with van der Waals surface area (Å²) in [6, 6.07) is 10.3. The van der Waals surface area contributed by atoms with Gasteiger partial charge in [0.25, 0.3) is 0 Å². The van der Waals surface area contributed by atoms with E-state index in [0.29, 0.717) is 0 Å². The summed E-state index contributed by atoms with van der Waals surface area (Å²) in [4.78, 5) is 4.03. The van der Waals surface area contributed by atoms with Crippen molar-refractivity contribution in [3.05, 3.63) is 54.5 Å². The summed E-state index contributed by atoms with van der Waals surface area (Å²) in [5.41, 5.74) is 4.36. The Balaban J connectivity index is 2.13. The molecule has 1 N–H and O–H groups in total. The highest BCUT2D eigenvalue weighted by Gasteiger charge is 2.04. The summed E-state index contributed by atoms with van der Waals surface area (Å²) < 4.78 is 0. The number of pyridine rings is 1. The van der Waals surface area contributed by atoms with Crippen molar-refractivity contribution in [3.63, 3.8) is 0 Å². The van der Waals surface area contributed by atoms with Crippen molar-refractivity contribution in [1.82, 2.24) is 15.2 Å². The van der Waals surface area contributed by atoms with Crippen molar-refractivity contribution in [2.75, 3.05) is 0 Å². The number of nitrogens with one attached hydrogen (secondary N) is 1. The maximum atomic E-state index is 4.30. The van der Waals surface area contributed by atoms with Gasteiger partial charge >= 0.3 is 0 Å². The highest BCUT2D eigenvalue weighted by molar-refractivity contribution is 5.89. The fourth-order valence-electron chi connectivity index (χ4n) is 2.05. The zero-order valence-corrected chi connectivity index (χ0v) is 10.1. The van der Waals surface area contributed by atoms with Gasteiger partial charge in [0.05, 0.1) is 11.2 Å². The Bertz CT molecular complexity index is 696. The zero-order valence-electron chi connectivity index (χ0n) is 10.1. The van der Waals surface area contributed by atoms with Gasteiger partial charge < -0.3 is 0 Å². The Morgan fingerprint density at radius 1 is 1.06 bits per heavy atom. The van der Waals surface area contributed by atoms with Crippen LogP contribution in [0.2, 0.25) is 0 Å². The van der Waals surface area contributed by atoms with Gasteiger partial charge in [0.1, 0.15) is 0 Å². The van der Waals surface area contributed by atoms with Crippen LogP contribution in [0, 0.1) is 0 Å². The van der Waals surface area contributed by atoms with E-state index < -0.39 is 0 Å². The Morgan fingerprint density at radius 2 is 1.89 bits per heavy atom. The molecule has 0 unspecified atom stereocenters. The fraction of sp³-hybridized carbons (Fsp3) is 0.0667.